The molecule has 0 aliphatic heterocycles. The lowest BCUT2D eigenvalue weighted by atomic mass is 9.84. The lowest BCUT2D eigenvalue weighted by Crippen LogP contribution is -2.37. The molecule has 4 heteroatoms. The van der Waals surface area contributed by atoms with Crippen molar-refractivity contribution in [1.82, 2.24) is 0 Å². The Balaban J connectivity index is 4.97. The van der Waals surface area contributed by atoms with Gasteiger partial charge in [0, 0.05) is 6.42 Å². The van der Waals surface area contributed by atoms with Gasteiger partial charge in [0.25, 0.3) is 0 Å². The average Bonchev–Trinajstić information content (AvgIpc) is 2.19. The van der Waals surface area contributed by atoms with Gasteiger partial charge in [-0.3, -0.25) is 0 Å². The van der Waals surface area contributed by atoms with E-state index in [-0.39, 0.29) is 16.6 Å². The second kappa shape index (κ2) is 7.39. The lowest BCUT2D eigenvalue weighted by molar-refractivity contribution is -0.409. The number of hydrogen-bond acceptors (Lipinski definition) is 4. The number of azo groups is 1. The molecule has 0 aliphatic carbocycles. The van der Waals surface area contributed by atoms with Gasteiger partial charge in [-0.15, -0.1) is 0 Å². The first-order valence-corrected chi connectivity index (χ1v) is 8.35. The first-order valence-electron chi connectivity index (χ1n) is 8.35. The van der Waals surface area contributed by atoms with Crippen LogP contribution in [0.3, 0.4) is 0 Å². The summed E-state index contributed by atoms with van der Waals surface area (Å²) in [6.07, 6.45) is 1.66. The molecule has 0 aromatic heterocycles. The summed E-state index contributed by atoms with van der Waals surface area (Å²) in [4.78, 5) is 11.6. The molecule has 0 N–H and O–H groups in total. The first-order chi connectivity index (χ1) is 9.54. The minimum atomic E-state index is -0.753. The van der Waals surface area contributed by atoms with Gasteiger partial charge < -0.3 is 0 Å². The Labute approximate surface area is 138 Å². The normalized spacial score (nSPS) is 17.3. The van der Waals surface area contributed by atoms with Crippen LogP contribution in [0.5, 0.6) is 0 Å². The molecule has 0 saturated carbocycles. The van der Waals surface area contributed by atoms with E-state index >= 15 is 0 Å². The lowest BCUT2D eigenvalue weighted by Gasteiger charge is -2.34. The topological polar surface area (TPSA) is 43.2 Å². The van der Waals surface area contributed by atoms with Crippen LogP contribution < -0.4 is 0 Å². The Morgan fingerprint density at radius 1 is 0.773 bits per heavy atom. The smallest absolute Gasteiger partial charge is 0.209 e. The van der Waals surface area contributed by atoms with E-state index in [1.807, 2.05) is 27.7 Å². The summed E-state index contributed by atoms with van der Waals surface area (Å²) in [7, 11) is 0. The Morgan fingerprint density at radius 2 is 1.27 bits per heavy atom. The van der Waals surface area contributed by atoms with Crippen molar-refractivity contribution in [3.05, 3.63) is 0 Å². The van der Waals surface area contributed by atoms with E-state index in [1.54, 1.807) is 0 Å². The molecule has 0 heterocycles. The van der Waals surface area contributed by atoms with Crippen LogP contribution in [-0.2, 0) is 9.78 Å². The van der Waals surface area contributed by atoms with E-state index in [2.05, 4.69) is 58.7 Å². The van der Waals surface area contributed by atoms with E-state index in [9.17, 15) is 0 Å². The molecule has 0 saturated heterocycles. The molecule has 0 aromatic carbocycles. The first kappa shape index (κ1) is 21.5. The summed E-state index contributed by atoms with van der Waals surface area (Å²) in [6, 6.07) is 0. The molecular weight excluding hydrogens is 276 g/mol. The summed E-state index contributed by atoms with van der Waals surface area (Å²) < 4.78 is 0. The minimum Gasteiger partial charge on any atom is -0.228 e. The maximum atomic E-state index is 5.79. The van der Waals surface area contributed by atoms with Crippen molar-refractivity contribution in [2.75, 3.05) is 0 Å². The van der Waals surface area contributed by atoms with Crippen LogP contribution in [-0.4, -0.2) is 16.9 Å². The fraction of sp³-hybridized carbons (Fsp3) is 1.00. The van der Waals surface area contributed by atoms with E-state index in [0.29, 0.717) is 5.92 Å². The van der Waals surface area contributed by atoms with Crippen LogP contribution in [0.4, 0.5) is 0 Å². The summed E-state index contributed by atoms with van der Waals surface area (Å²) in [5.41, 5.74) is -1.17. The molecule has 1 atom stereocenters. The molecule has 1 unspecified atom stereocenters. The van der Waals surface area contributed by atoms with Crippen LogP contribution in [0.25, 0.3) is 0 Å². The van der Waals surface area contributed by atoms with Crippen LogP contribution in [0.2, 0.25) is 0 Å². The minimum absolute atomic E-state index is 0.175. The number of rotatable bonds is 7. The van der Waals surface area contributed by atoms with Gasteiger partial charge in [0.1, 0.15) is 0 Å². The Hall–Kier alpha value is -0.480. The average molecular weight is 315 g/mol. The van der Waals surface area contributed by atoms with Crippen molar-refractivity contribution in [3.63, 3.8) is 0 Å². The van der Waals surface area contributed by atoms with Crippen LogP contribution in [0.1, 0.15) is 89.0 Å². The highest BCUT2D eigenvalue weighted by Crippen LogP contribution is 2.33. The molecule has 0 amide bonds. The maximum absolute atomic E-state index is 5.79. The zero-order valence-corrected chi connectivity index (χ0v) is 16.7. The van der Waals surface area contributed by atoms with Crippen molar-refractivity contribution in [1.29, 1.82) is 0 Å². The van der Waals surface area contributed by atoms with Crippen molar-refractivity contribution >= 4 is 0 Å². The van der Waals surface area contributed by atoms with Gasteiger partial charge >= 0.3 is 0 Å². The third-order valence-electron chi connectivity index (χ3n) is 2.75. The number of hydrogen-bond donors (Lipinski definition) is 0. The van der Waals surface area contributed by atoms with Gasteiger partial charge in [-0.25, -0.2) is 9.78 Å². The molecule has 0 fully saturated rings. The quantitative estimate of drug-likeness (QED) is 0.321. The summed E-state index contributed by atoms with van der Waals surface area (Å²) in [6.45, 7) is 23.0. The van der Waals surface area contributed by atoms with Crippen LogP contribution >= 0.6 is 0 Å². The molecule has 0 spiro atoms. The highest BCUT2D eigenvalue weighted by molar-refractivity contribution is 4.78. The monoisotopic (exact) mass is 314 g/mol. The summed E-state index contributed by atoms with van der Waals surface area (Å²) in [5.74, 6) is 0.443. The van der Waals surface area contributed by atoms with Gasteiger partial charge in [0.05, 0.1) is 11.1 Å². The predicted octanol–water partition coefficient (Wildman–Crippen LogP) is 6.16. The van der Waals surface area contributed by atoms with Gasteiger partial charge in [0.15, 0.2) is 0 Å². The molecule has 0 aliphatic rings. The second-order valence-electron chi connectivity index (χ2n) is 9.81. The molecule has 0 rings (SSSR count). The predicted molar refractivity (Wildman–Crippen MR) is 92.8 cm³/mol. The van der Waals surface area contributed by atoms with Crippen molar-refractivity contribution < 1.29 is 9.78 Å². The third kappa shape index (κ3) is 11.1. The van der Waals surface area contributed by atoms with Gasteiger partial charge in [0.2, 0.25) is 5.72 Å². The maximum Gasteiger partial charge on any atom is 0.209 e. The second-order valence-corrected chi connectivity index (χ2v) is 9.81. The molecule has 22 heavy (non-hydrogen) atoms. The van der Waals surface area contributed by atoms with Crippen molar-refractivity contribution in [2.45, 2.75) is 106 Å². The third-order valence-corrected chi connectivity index (χ3v) is 2.75. The Morgan fingerprint density at radius 3 is 1.64 bits per heavy atom. The van der Waals surface area contributed by atoms with Gasteiger partial charge in [-0.2, -0.15) is 10.2 Å². The highest BCUT2D eigenvalue weighted by Gasteiger charge is 2.34. The molecule has 0 radical (unpaired) electrons. The zero-order chi connectivity index (χ0) is 17.8. The highest BCUT2D eigenvalue weighted by atomic mass is 17.2. The molecule has 0 bridgehead atoms. The fourth-order valence-corrected chi connectivity index (χ4v) is 2.61. The molecule has 0 aromatic rings. The Bertz CT molecular complexity index is 362. The fourth-order valence-electron chi connectivity index (χ4n) is 2.61. The van der Waals surface area contributed by atoms with Crippen molar-refractivity contribution in [3.8, 4) is 0 Å². The largest absolute Gasteiger partial charge is 0.228 e. The SMILES string of the molecule is CC(C)CC(C)(/N=N/C(C)(C)C)OOC(C)(C)CC(C)(C)C. The van der Waals surface area contributed by atoms with E-state index in [4.69, 9.17) is 9.78 Å². The molecule has 132 valence electrons. The van der Waals surface area contributed by atoms with Gasteiger partial charge in [-0.1, -0.05) is 34.6 Å². The van der Waals surface area contributed by atoms with Crippen LogP contribution in [0, 0.1) is 11.3 Å². The van der Waals surface area contributed by atoms with E-state index < -0.39 is 5.72 Å². The standard InChI is InChI=1S/C18H38N2O2/c1-14(2)12-18(11,20-19-16(6,7)8)22-21-17(9,10)13-15(3,4)5/h14H,12-13H2,1-11H3/b20-19+. The van der Waals surface area contributed by atoms with E-state index in [1.165, 1.54) is 0 Å². The number of nitrogens with zero attached hydrogens (tertiary/aromatic N) is 2. The Kier molecular flexibility index (Phi) is 7.23. The van der Waals surface area contributed by atoms with Crippen molar-refractivity contribution in [2.24, 2.45) is 21.6 Å². The summed E-state index contributed by atoms with van der Waals surface area (Å²) >= 11 is 0. The van der Waals surface area contributed by atoms with E-state index in [0.717, 1.165) is 12.8 Å². The van der Waals surface area contributed by atoms with Crippen LogP contribution in [0.15, 0.2) is 10.2 Å². The molecule has 4 nitrogen and oxygen atoms in total. The zero-order valence-electron chi connectivity index (χ0n) is 16.7. The molecular formula is C18H38N2O2. The van der Waals surface area contributed by atoms with Gasteiger partial charge in [-0.05, 0) is 59.3 Å². The summed E-state index contributed by atoms with van der Waals surface area (Å²) in [5, 5.41) is 8.82.